The van der Waals surface area contributed by atoms with Crippen LogP contribution < -0.4 is 15.5 Å². The summed E-state index contributed by atoms with van der Waals surface area (Å²) in [5, 5.41) is 5.48. The molecular formula is C16H23N4O4S+. The van der Waals surface area contributed by atoms with Gasteiger partial charge in [0.2, 0.25) is 10.0 Å². The number of rotatable bonds is 5. The topological polar surface area (TPSA) is 100 Å². The maximum Gasteiger partial charge on any atom is 0.279 e. The van der Waals surface area contributed by atoms with Crippen molar-refractivity contribution in [1.82, 2.24) is 9.62 Å². The highest BCUT2D eigenvalue weighted by atomic mass is 32.2. The molecule has 0 spiro atoms. The minimum Gasteiger partial charge on any atom is -0.346 e. The second kappa shape index (κ2) is 7.51. The molecule has 8 nitrogen and oxygen atoms in total. The summed E-state index contributed by atoms with van der Waals surface area (Å²) >= 11 is 0. The summed E-state index contributed by atoms with van der Waals surface area (Å²) in [4.78, 5) is 24.6. The molecule has 2 saturated heterocycles. The van der Waals surface area contributed by atoms with Gasteiger partial charge in [0.05, 0.1) is 18.0 Å². The van der Waals surface area contributed by atoms with Gasteiger partial charge >= 0.3 is 0 Å². The van der Waals surface area contributed by atoms with Crippen LogP contribution in [-0.2, 0) is 19.6 Å². The predicted octanol–water partition coefficient (Wildman–Crippen LogP) is -1.58. The van der Waals surface area contributed by atoms with E-state index in [0.717, 1.165) is 17.7 Å². The van der Waals surface area contributed by atoms with Gasteiger partial charge in [0.25, 0.3) is 11.8 Å². The number of nitrogens with one attached hydrogen (secondary N) is 3. The third kappa shape index (κ3) is 4.36. The molecule has 0 radical (unpaired) electrons. The van der Waals surface area contributed by atoms with Crippen LogP contribution in [-0.4, -0.2) is 63.8 Å². The Hall–Kier alpha value is -1.97. The SMILES string of the molecule is O=C1C[NH+](CC(=O)Nc2ccc(S(=O)(=O)N3CCCC3)cc2)CCN1. The van der Waals surface area contributed by atoms with Crippen LogP contribution in [0.3, 0.4) is 0 Å². The number of benzene rings is 1. The first kappa shape index (κ1) is 17.8. The van der Waals surface area contributed by atoms with Crippen molar-refractivity contribution in [2.24, 2.45) is 0 Å². The highest BCUT2D eigenvalue weighted by molar-refractivity contribution is 7.89. The summed E-state index contributed by atoms with van der Waals surface area (Å²) in [7, 11) is -3.44. The van der Waals surface area contributed by atoms with E-state index in [1.165, 1.54) is 16.4 Å². The zero-order valence-electron chi connectivity index (χ0n) is 14.0. The normalized spacial score (nSPS) is 21.8. The molecule has 1 aromatic carbocycles. The van der Waals surface area contributed by atoms with E-state index in [2.05, 4.69) is 10.6 Å². The zero-order chi connectivity index (χ0) is 17.9. The summed E-state index contributed by atoms with van der Waals surface area (Å²) in [6, 6.07) is 6.23. The Bertz CT molecular complexity index is 742. The Balaban J connectivity index is 1.58. The molecule has 3 N–H and O–H groups in total. The number of anilines is 1. The first-order chi connectivity index (χ1) is 11.9. The third-order valence-corrected chi connectivity index (χ3v) is 6.38. The molecule has 136 valence electrons. The van der Waals surface area contributed by atoms with Crippen LogP contribution in [0, 0.1) is 0 Å². The van der Waals surface area contributed by atoms with Crippen molar-refractivity contribution in [2.45, 2.75) is 17.7 Å². The van der Waals surface area contributed by atoms with Crippen LogP contribution in [0.5, 0.6) is 0 Å². The second-order valence-corrected chi connectivity index (χ2v) is 8.33. The smallest absolute Gasteiger partial charge is 0.279 e. The average molecular weight is 367 g/mol. The molecule has 1 aromatic rings. The van der Waals surface area contributed by atoms with Gasteiger partial charge in [0, 0.05) is 18.8 Å². The minimum atomic E-state index is -3.44. The van der Waals surface area contributed by atoms with E-state index in [9.17, 15) is 18.0 Å². The van der Waals surface area contributed by atoms with Gasteiger partial charge in [-0.1, -0.05) is 0 Å². The average Bonchev–Trinajstić information content (AvgIpc) is 3.10. The molecule has 25 heavy (non-hydrogen) atoms. The number of sulfonamides is 1. The van der Waals surface area contributed by atoms with Crippen molar-refractivity contribution < 1.29 is 22.9 Å². The van der Waals surface area contributed by atoms with Gasteiger partial charge in [-0.05, 0) is 37.1 Å². The Morgan fingerprint density at radius 3 is 2.52 bits per heavy atom. The summed E-state index contributed by atoms with van der Waals surface area (Å²) in [5.74, 6) is -0.245. The molecule has 0 bridgehead atoms. The van der Waals surface area contributed by atoms with Gasteiger partial charge in [0.1, 0.15) is 0 Å². The van der Waals surface area contributed by atoms with Crippen LogP contribution >= 0.6 is 0 Å². The summed E-state index contributed by atoms with van der Waals surface area (Å²) in [5.41, 5.74) is 0.547. The number of carbonyl (C=O) groups is 2. The Morgan fingerprint density at radius 1 is 1.20 bits per heavy atom. The van der Waals surface area contributed by atoms with E-state index in [-0.39, 0.29) is 23.3 Å². The fraction of sp³-hybridized carbons (Fsp3) is 0.500. The van der Waals surface area contributed by atoms with Gasteiger partial charge in [-0.15, -0.1) is 0 Å². The van der Waals surface area contributed by atoms with Gasteiger partial charge in [-0.2, -0.15) is 4.31 Å². The van der Waals surface area contributed by atoms with Gasteiger partial charge < -0.3 is 15.5 Å². The predicted molar refractivity (Wildman–Crippen MR) is 91.6 cm³/mol. The van der Waals surface area contributed by atoms with Crippen molar-refractivity contribution in [3.63, 3.8) is 0 Å². The van der Waals surface area contributed by atoms with Crippen molar-refractivity contribution in [3.05, 3.63) is 24.3 Å². The Labute approximate surface area is 147 Å². The molecule has 2 aliphatic rings. The molecular weight excluding hydrogens is 344 g/mol. The summed E-state index contributed by atoms with van der Waals surface area (Å²) in [6.45, 7) is 2.92. The van der Waals surface area contributed by atoms with E-state index in [4.69, 9.17) is 0 Å². The standard InChI is InChI=1S/C16H22N4O4S/c21-15-11-19(10-7-17-15)12-16(22)18-13-3-5-14(6-4-13)25(23,24)20-8-1-2-9-20/h3-6H,1-2,7-12H2,(H,17,21)(H,18,22)/p+1. The molecule has 1 atom stereocenters. The number of nitrogens with zero attached hydrogens (tertiary/aromatic N) is 1. The number of carbonyl (C=O) groups excluding carboxylic acids is 2. The maximum absolute atomic E-state index is 12.5. The maximum atomic E-state index is 12.5. The fourth-order valence-corrected chi connectivity index (χ4v) is 4.64. The summed E-state index contributed by atoms with van der Waals surface area (Å²) < 4.78 is 26.4. The van der Waals surface area contributed by atoms with Crippen molar-refractivity contribution in [3.8, 4) is 0 Å². The Morgan fingerprint density at radius 2 is 1.88 bits per heavy atom. The lowest BCUT2D eigenvalue weighted by atomic mass is 10.3. The lowest BCUT2D eigenvalue weighted by Gasteiger charge is -2.22. The van der Waals surface area contributed by atoms with Crippen molar-refractivity contribution in [1.29, 1.82) is 0 Å². The third-order valence-electron chi connectivity index (χ3n) is 4.46. The largest absolute Gasteiger partial charge is 0.346 e. The van der Waals surface area contributed by atoms with E-state index in [0.29, 0.717) is 38.4 Å². The fourth-order valence-electron chi connectivity index (χ4n) is 3.13. The molecule has 2 fully saturated rings. The van der Waals surface area contributed by atoms with Crippen LogP contribution in [0.1, 0.15) is 12.8 Å². The number of hydrogen-bond donors (Lipinski definition) is 3. The number of piperazine rings is 1. The van der Waals surface area contributed by atoms with Crippen molar-refractivity contribution >= 4 is 27.5 Å². The van der Waals surface area contributed by atoms with Crippen LogP contribution in [0.2, 0.25) is 0 Å². The molecule has 0 aliphatic carbocycles. The number of hydrogen-bond acceptors (Lipinski definition) is 4. The molecule has 1 unspecified atom stereocenters. The monoisotopic (exact) mass is 367 g/mol. The number of amides is 2. The first-order valence-electron chi connectivity index (χ1n) is 8.45. The van der Waals surface area contributed by atoms with Gasteiger partial charge in [-0.25, -0.2) is 8.42 Å². The van der Waals surface area contributed by atoms with E-state index < -0.39 is 10.0 Å². The van der Waals surface area contributed by atoms with E-state index in [1.807, 2.05) is 0 Å². The molecule has 2 amide bonds. The van der Waals surface area contributed by atoms with Crippen LogP contribution in [0.25, 0.3) is 0 Å². The minimum absolute atomic E-state index is 0.0504. The summed E-state index contributed by atoms with van der Waals surface area (Å²) in [6.07, 6.45) is 1.79. The number of quaternary nitrogens is 1. The van der Waals surface area contributed by atoms with Crippen LogP contribution in [0.4, 0.5) is 5.69 Å². The van der Waals surface area contributed by atoms with Gasteiger partial charge in [0.15, 0.2) is 13.1 Å². The molecule has 0 saturated carbocycles. The highest BCUT2D eigenvalue weighted by Gasteiger charge is 2.27. The molecule has 3 rings (SSSR count). The molecule has 2 heterocycles. The lowest BCUT2D eigenvalue weighted by molar-refractivity contribution is -0.885. The van der Waals surface area contributed by atoms with Crippen molar-refractivity contribution in [2.75, 3.05) is 44.6 Å². The van der Waals surface area contributed by atoms with E-state index in [1.54, 1.807) is 12.1 Å². The van der Waals surface area contributed by atoms with E-state index >= 15 is 0 Å². The zero-order valence-corrected chi connectivity index (χ0v) is 14.8. The highest BCUT2D eigenvalue weighted by Crippen LogP contribution is 2.22. The second-order valence-electron chi connectivity index (χ2n) is 6.39. The first-order valence-corrected chi connectivity index (χ1v) is 9.89. The quantitative estimate of drug-likeness (QED) is 0.585. The molecule has 0 aromatic heterocycles. The molecule has 9 heteroatoms. The lowest BCUT2D eigenvalue weighted by Crippen LogP contribution is -3.16. The Kier molecular flexibility index (Phi) is 5.36. The van der Waals surface area contributed by atoms with Gasteiger partial charge in [-0.3, -0.25) is 9.59 Å². The molecule has 2 aliphatic heterocycles. The van der Waals surface area contributed by atoms with Crippen LogP contribution in [0.15, 0.2) is 29.2 Å².